The maximum Gasteiger partial charge on any atom is 0.323 e. The summed E-state index contributed by atoms with van der Waals surface area (Å²) in [5.74, 6) is 0. The smallest absolute Gasteiger partial charge is 0.323 e. The first-order valence-corrected chi connectivity index (χ1v) is 2.94. The molecule has 0 aliphatic rings. The Morgan fingerprint density at radius 3 is 2.60 bits per heavy atom. The number of nitrogens with two attached hydrogens (primary N) is 1. The molecule has 1 rings (SSSR count). The molecule has 0 bridgehead atoms. The molecule has 1 heterocycles. The Hall–Kier alpha value is -1.23. The van der Waals surface area contributed by atoms with E-state index < -0.39 is 0 Å². The van der Waals surface area contributed by atoms with Gasteiger partial charge in [0.05, 0.1) is 0 Å². The lowest BCUT2D eigenvalue weighted by Gasteiger charge is -1.96. The molecule has 0 saturated carbocycles. The summed E-state index contributed by atoms with van der Waals surface area (Å²) in [6, 6.07) is 1.85. The molecule has 0 fully saturated rings. The van der Waals surface area contributed by atoms with Crippen LogP contribution in [0.2, 0.25) is 0 Å². The lowest BCUT2D eigenvalue weighted by atomic mass is 10.7. The van der Waals surface area contributed by atoms with Gasteiger partial charge in [0.1, 0.15) is 0 Å². The summed E-state index contributed by atoms with van der Waals surface area (Å²) in [6.45, 7) is 0. The van der Waals surface area contributed by atoms with Gasteiger partial charge in [-0.3, -0.25) is 0 Å². The first kappa shape index (κ1) is 6.88. The molecule has 0 aliphatic heterocycles. The molecule has 10 heavy (non-hydrogen) atoms. The Balaban J connectivity index is 2.67. The minimum Gasteiger partial charge on any atom is -0.397 e. The third-order valence-corrected chi connectivity index (χ3v) is 0.817. The molecule has 0 saturated heterocycles. The van der Waals surface area contributed by atoms with Gasteiger partial charge in [0.25, 0.3) is 5.17 Å². The van der Waals surface area contributed by atoms with E-state index in [1.807, 2.05) is 0 Å². The Morgan fingerprint density at radius 1 is 1.50 bits per heavy atom. The van der Waals surface area contributed by atoms with Crippen molar-refractivity contribution >= 4 is 17.4 Å². The van der Waals surface area contributed by atoms with E-state index in [2.05, 4.69) is 22.2 Å². The van der Waals surface area contributed by atoms with Crippen LogP contribution < -0.4 is 10.5 Å². The fraction of sp³-hybridized carbons (Fsp3) is 0. The van der Waals surface area contributed by atoms with E-state index in [4.69, 9.17) is 10.5 Å². The van der Waals surface area contributed by atoms with Crippen molar-refractivity contribution in [3.05, 3.63) is 18.5 Å². The summed E-state index contributed by atoms with van der Waals surface area (Å²) >= 11 is 4.45. The SMILES string of the molecule is NC(=S)Oc1ncccn1. The van der Waals surface area contributed by atoms with Crippen LogP contribution in [0.25, 0.3) is 0 Å². The highest BCUT2D eigenvalue weighted by molar-refractivity contribution is 7.80. The van der Waals surface area contributed by atoms with Crippen molar-refractivity contribution in [2.24, 2.45) is 5.73 Å². The van der Waals surface area contributed by atoms with Gasteiger partial charge in [-0.2, -0.15) is 0 Å². The average Bonchev–Trinajstić information content (AvgIpc) is 1.88. The van der Waals surface area contributed by atoms with Crippen LogP contribution in [0.1, 0.15) is 0 Å². The number of hydrogen-bond donors (Lipinski definition) is 1. The molecule has 0 spiro atoms. The molecule has 0 atom stereocenters. The number of aromatic nitrogens is 2. The van der Waals surface area contributed by atoms with E-state index in [9.17, 15) is 0 Å². The van der Waals surface area contributed by atoms with E-state index in [1.54, 1.807) is 18.5 Å². The van der Waals surface area contributed by atoms with Gasteiger partial charge in [0, 0.05) is 12.4 Å². The molecular formula is C5H5N3OS. The minimum absolute atomic E-state index is 0.0776. The van der Waals surface area contributed by atoms with E-state index in [1.165, 1.54) is 0 Å². The fourth-order valence-electron chi connectivity index (χ4n) is 0.428. The van der Waals surface area contributed by atoms with Crippen molar-refractivity contribution in [2.45, 2.75) is 0 Å². The van der Waals surface area contributed by atoms with Crippen molar-refractivity contribution in [1.82, 2.24) is 9.97 Å². The zero-order valence-electron chi connectivity index (χ0n) is 5.02. The number of nitrogens with zero attached hydrogens (tertiary/aromatic N) is 2. The lowest BCUT2D eigenvalue weighted by molar-refractivity contribution is 0.508. The zero-order valence-corrected chi connectivity index (χ0v) is 5.84. The Labute approximate surface area is 63.0 Å². The van der Waals surface area contributed by atoms with Gasteiger partial charge in [0.2, 0.25) is 0 Å². The highest BCUT2D eigenvalue weighted by Gasteiger charge is 1.94. The zero-order chi connectivity index (χ0) is 7.40. The second kappa shape index (κ2) is 3.07. The molecule has 1 aromatic heterocycles. The normalized spacial score (nSPS) is 8.80. The third kappa shape index (κ3) is 1.94. The largest absolute Gasteiger partial charge is 0.397 e. The van der Waals surface area contributed by atoms with Crippen LogP contribution in [0.15, 0.2) is 18.5 Å². The summed E-state index contributed by atoms with van der Waals surface area (Å²) in [5, 5.41) is -0.0776. The summed E-state index contributed by atoms with van der Waals surface area (Å²) in [5.41, 5.74) is 5.05. The van der Waals surface area contributed by atoms with Crippen LogP contribution in [-0.4, -0.2) is 15.1 Å². The van der Waals surface area contributed by atoms with Gasteiger partial charge >= 0.3 is 6.01 Å². The van der Waals surface area contributed by atoms with Gasteiger partial charge in [-0.15, -0.1) is 0 Å². The first-order valence-electron chi connectivity index (χ1n) is 2.53. The Kier molecular flexibility index (Phi) is 2.11. The molecule has 0 aromatic carbocycles. The van der Waals surface area contributed by atoms with Gasteiger partial charge in [-0.25, -0.2) is 9.97 Å². The maximum absolute atomic E-state index is 5.05. The Morgan fingerprint density at radius 2 is 2.10 bits per heavy atom. The molecule has 2 N–H and O–H groups in total. The monoisotopic (exact) mass is 155 g/mol. The number of hydrogen-bond acceptors (Lipinski definition) is 4. The van der Waals surface area contributed by atoms with Crippen LogP contribution in [0, 0.1) is 0 Å². The molecule has 0 aliphatic carbocycles. The van der Waals surface area contributed by atoms with Gasteiger partial charge < -0.3 is 10.5 Å². The average molecular weight is 155 g/mol. The maximum atomic E-state index is 5.05. The lowest BCUT2D eigenvalue weighted by Crippen LogP contribution is -2.17. The van der Waals surface area contributed by atoms with Gasteiger partial charge in [0.15, 0.2) is 0 Å². The number of rotatable bonds is 1. The molecule has 5 heteroatoms. The molecule has 0 amide bonds. The first-order chi connectivity index (χ1) is 4.79. The Bertz CT molecular complexity index is 226. The van der Waals surface area contributed by atoms with Gasteiger partial charge in [-0.1, -0.05) is 0 Å². The molecular weight excluding hydrogens is 150 g/mol. The predicted molar refractivity (Wildman–Crippen MR) is 39.4 cm³/mol. The van der Waals surface area contributed by atoms with Crippen molar-refractivity contribution < 1.29 is 4.74 Å². The molecule has 1 aromatic rings. The summed E-state index contributed by atoms with van der Waals surface area (Å²) in [7, 11) is 0. The van der Waals surface area contributed by atoms with E-state index in [-0.39, 0.29) is 11.2 Å². The third-order valence-electron chi connectivity index (χ3n) is 0.734. The summed E-state index contributed by atoms with van der Waals surface area (Å²) in [4.78, 5) is 7.44. The quantitative estimate of drug-likeness (QED) is 0.583. The molecule has 0 radical (unpaired) electrons. The minimum atomic E-state index is -0.0776. The van der Waals surface area contributed by atoms with Crippen molar-refractivity contribution in [1.29, 1.82) is 0 Å². The topological polar surface area (TPSA) is 61.0 Å². The van der Waals surface area contributed by atoms with E-state index >= 15 is 0 Å². The van der Waals surface area contributed by atoms with E-state index in [0.29, 0.717) is 0 Å². The van der Waals surface area contributed by atoms with Crippen molar-refractivity contribution in [3.8, 4) is 6.01 Å². The molecule has 0 unspecified atom stereocenters. The van der Waals surface area contributed by atoms with Crippen LogP contribution in [-0.2, 0) is 0 Å². The standard InChI is InChI=1S/C5H5N3OS/c6-4(10)9-5-7-2-1-3-8-5/h1-3H,(H2,6,10). The molecule has 52 valence electrons. The number of ether oxygens (including phenoxy) is 1. The molecule has 4 nitrogen and oxygen atoms in total. The summed E-state index contributed by atoms with van der Waals surface area (Å²) < 4.78 is 4.70. The van der Waals surface area contributed by atoms with Crippen LogP contribution in [0.5, 0.6) is 6.01 Å². The van der Waals surface area contributed by atoms with Crippen molar-refractivity contribution in [3.63, 3.8) is 0 Å². The predicted octanol–water partition coefficient (Wildman–Crippen LogP) is 0.0990. The van der Waals surface area contributed by atoms with Gasteiger partial charge in [-0.05, 0) is 18.3 Å². The fourth-order valence-corrected chi connectivity index (χ4v) is 0.503. The van der Waals surface area contributed by atoms with Crippen LogP contribution >= 0.6 is 12.2 Å². The highest BCUT2D eigenvalue weighted by Crippen LogP contribution is 1.95. The van der Waals surface area contributed by atoms with E-state index in [0.717, 1.165) is 0 Å². The van der Waals surface area contributed by atoms with Crippen molar-refractivity contribution in [2.75, 3.05) is 0 Å². The van der Waals surface area contributed by atoms with Crippen LogP contribution in [0.4, 0.5) is 0 Å². The summed E-state index contributed by atoms with van der Waals surface area (Å²) in [6.07, 6.45) is 3.08. The second-order valence-corrected chi connectivity index (χ2v) is 1.85. The highest BCUT2D eigenvalue weighted by atomic mass is 32.1. The second-order valence-electron chi connectivity index (χ2n) is 1.45. The number of thiocarbonyl (C=S) groups is 1. The van der Waals surface area contributed by atoms with Crippen LogP contribution in [0.3, 0.4) is 0 Å².